The fourth-order valence-corrected chi connectivity index (χ4v) is 4.84. The second-order valence-electron chi connectivity index (χ2n) is 8.38. The fourth-order valence-electron chi connectivity index (χ4n) is 4.84. The maximum absolute atomic E-state index is 13.2. The number of nitrogens with zero attached hydrogens (tertiary/aromatic N) is 6. The Morgan fingerprint density at radius 1 is 1.09 bits per heavy atom. The lowest BCUT2D eigenvalue weighted by molar-refractivity contribution is 0.396. The molecule has 0 saturated carbocycles. The molecular formula is C25H24N6O2. The van der Waals surface area contributed by atoms with Crippen molar-refractivity contribution in [2.24, 2.45) is 0 Å². The van der Waals surface area contributed by atoms with Gasteiger partial charge in [-0.1, -0.05) is 18.2 Å². The van der Waals surface area contributed by atoms with Gasteiger partial charge >= 0.3 is 5.69 Å². The quantitative estimate of drug-likeness (QED) is 0.415. The number of imidazole rings is 1. The van der Waals surface area contributed by atoms with Crippen LogP contribution in [-0.4, -0.2) is 37.2 Å². The first kappa shape index (κ1) is 19.7. The Bertz CT molecular complexity index is 1480. The predicted octanol–water partition coefficient (Wildman–Crippen LogP) is 4.26. The molecule has 4 aromatic heterocycles. The van der Waals surface area contributed by atoms with Gasteiger partial charge in [-0.15, -0.1) is 0 Å². The summed E-state index contributed by atoms with van der Waals surface area (Å²) in [5.41, 5.74) is 3.21. The Balaban J connectivity index is 1.34. The van der Waals surface area contributed by atoms with E-state index in [0.29, 0.717) is 19.0 Å². The summed E-state index contributed by atoms with van der Waals surface area (Å²) in [7, 11) is 0. The lowest BCUT2D eigenvalue weighted by Crippen LogP contribution is -2.41. The molecule has 8 nitrogen and oxygen atoms in total. The third-order valence-corrected chi connectivity index (χ3v) is 6.40. The number of hydrogen-bond acceptors (Lipinski definition) is 6. The molecule has 1 atom stereocenters. The summed E-state index contributed by atoms with van der Waals surface area (Å²) in [6.07, 6.45) is 5.38. The molecule has 8 heteroatoms. The van der Waals surface area contributed by atoms with Crippen LogP contribution in [0.25, 0.3) is 33.6 Å². The number of fused-ring (bicyclic) bond motifs is 2. The van der Waals surface area contributed by atoms with Gasteiger partial charge in [0.2, 0.25) is 5.95 Å². The largest absolute Gasteiger partial charge is 0.454 e. The van der Waals surface area contributed by atoms with E-state index in [-0.39, 0.29) is 11.7 Å². The van der Waals surface area contributed by atoms with Crippen molar-refractivity contribution < 1.29 is 4.42 Å². The Hall–Kier alpha value is -3.94. The Labute approximate surface area is 190 Å². The van der Waals surface area contributed by atoms with Crippen molar-refractivity contribution in [3.8, 4) is 11.5 Å². The van der Waals surface area contributed by atoms with Crippen LogP contribution in [0, 0.1) is 0 Å². The van der Waals surface area contributed by atoms with Crippen molar-refractivity contribution in [3.63, 3.8) is 0 Å². The lowest BCUT2D eigenvalue weighted by atomic mass is 10.1. The van der Waals surface area contributed by atoms with E-state index in [1.807, 2.05) is 60.0 Å². The summed E-state index contributed by atoms with van der Waals surface area (Å²) < 4.78 is 9.65. The lowest BCUT2D eigenvalue weighted by Gasteiger charge is -2.33. The van der Waals surface area contributed by atoms with Crippen LogP contribution in [0.15, 0.2) is 70.1 Å². The molecule has 0 aliphatic carbocycles. The molecule has 33 heavy (non-hydrogen) atoms. The van der Waals surface area contributed by atoms with Gasteiger partial charge in [0, 0.05) is 37.4 Å². The van der Waals surface area contributed by atoms with E-state index in [1.54, 1.807) is 17.0 Å². The minimum atomic E-state index is -0.00463. The van der Waals surface area contributed by atoms with E-state index >= 15 is 0 Å². The predicted molar refractivity (Wildman–Crippen MR) is 127 cm³/mol. The normalized spacial score (nSPS) is 16.6. The highest BCUT2D eigenvalue weighted by Crippen LogP contribution is 2.29. The van der Waals surface area contributed by atoms with Gasteiger partial charge in [0.05, 0.1) is 11.6 Å². The van der Waals surface area contributed by atoms with Gasteiger partial charge in [-0.3, -0.25) is 9.13 Å². The van der Waals surface area contributed by atoms with E-state index in [4.69, 9.17) is 9.40 Å². The number of furan rings is 1. The summed E-state index contributed by atoms with van der Waals surface area (Å²) in [5, 5.41) is 1.05. The molecule has 166 valence electrons. The number of anilines is 1. The average molecular weight is 441 g/mol. The smallest absolute Gasteiger partial charge is 0.330 e. The third kappa shape index (κ3) is 3.29. The van der Waals surface area contributed by atoms with Gasteiger partial charge in [-0.05, 0) is 50.1 Å². The minimum absolute atomic E-state index is 0.00463. The molecule has 0 N–H and O–H groups in total. The van der Waals surface area contributed by atoms with Gasteiger partial charge in [0.25, 0.3) is 0 Å². The Morgan fingerprint density at radius 2 is 2.00 bits per heavy atom. The number of pyridine rings is 1. The molecule has 5 aromatic rings. The second kappa shape index (κ2) is 7.88. The number of para-hydroxylation sites is 1. The van der Waals surface area contributed by atoms with Gasteiger partial charge in [0.15, 0.2) is 11.4 Å². The molecule has 1 aliphatic rings. The second-order valence-corrected chi connectivity index (χ2v) is 8.38. The van der Waals surface area contributed by atoms with Crippen molar-refractivity contribution in [1.29, 1.82) is 0 Å². The molecule has 0 spiro atoms. The van der Waals surface area contributed by atoms with Crippen molar-refractivity contribution in [2.45, 2.75) is 32.4 Å². The number of piperidine rings is 1. The SMILES string of the molecule is CCn1c(=O)n([C@@H]2CCCN(c3nccc(-c4cc5ccccc5o4)n3)C2)c2ncccc21. The van der Waals surface area contributed by atoms with E-state index in [1.165, 1.54) is 0 Å². The zero-order valence-corrected chi connectivity index (χ0v) is 18.4. The van der Waals surface area contributed by atoms with E-state index in [0.717, 1.165) is 53.0 Å². The third-order valence-electron chi connectivity index (χ3n) is 6.40. The first-order valence-electron chi connectivity index (χ1n) is 11.4. The van der Waals surface area contributed by atoms with E-state index in [2.05, 4.69) is 14.9 Å². The maximum atomic E-state index is 13.2. The topological polar surface area (TPSA) is 82.0 Å². The summed E-state index contributed by atoms with van der Waals surface area (Å²) in [4.78, 5) is 29.3. The molecule has 0 radical (unpaired) electrons. The van der Waals surface area contributed by atoms with Gasteiger partial charge < -0.3 is 9.32 Å². The average Bonchev–Trinajstić information content (AvgIpc) is 3.42. The van der Waals surface area contributed by atoms with Crippen LogP contribution in [0.4, 0.5) is 5.95 Å². The minimum Gasteiger partial charge on any atom is -0.454 e. The standard InChI is InChI=1S/C25H24N6O2/c1-2-30-20-9-5-12-26-23(20)31(25(30)32)18-8-6-14-29(16-18)24-27-13-11-19(28-24)22-15-17-7-3-4-10-21(17)33-22/h3-5,7,9-13,15,18H,2,6,8,14,16H2,1H3/t18-/m1/s1. The van der Waals surface area contributed by atoms with Crippen molar-refractivity contribution in [3.05, 3.63) is 71.4 Å². The van der Waals surface area contributed by atoms with Crippen LogP contribution in [-0.2, 0) is 6.54 Å². The van der Waals surface area contributed by atoms with Gasteiger partial charge in [-0.2, -0.15) is 0 Å². The number of benzene rings is 1. The summed E-state index contributed by atoms with van der Waals surface area (Å²) in [5.74, 6) is 1.37. The molecule has 5 heterocycles. The first-order chi connectivity index (χ1) is 16.2. The highest BCUT2D eigenvalue weighted by atomic mass is 16.3. The van der Waals surface area contributed by atoms with Crippen LogP contribution >= 0.6 is 0 Å². The van der Waals surface area contributed by atoms with Crippen LogP contribution < -0.4 is 10.6 Å². The van der Waals surface area contributed by atoms with Crippen molar-refractivity contribution in [2.75, 3.05) is 18.0 Å². The summed E-state index contributed by atoms with van der Waals surface area (Å²) in [6, 6.07) is 15.7. The van der Waals surface area contributed by atoms with Crippen molar-refractivity contribution in [1.82, 2.24) is 24.1 Å². The highest BCUT2D eigenvalue weighted by molar-refractivity contribution is 5.82. The molecule has 1 aliphatic heterocycles. The summed E-state index contributed by atoms with van der Waals surface area (Å²) >= 11 is 0. The van der Waals surface area contributed by atoms with E-state index in [9.17, 15) is 4.79 Å². The molecule has 1 fully saturated rings. The molecule has 6 rings (SSSR count). The number of aromatic nitrogens is 5. The zero-order valence-electron chi connectivity index (χ0n) is 18.4. The van der Waals surface area contributed by atoms with Crippen LogP contribution in [0.2, 0.25) is 0 Å². The van der Waals surface area contributed by atoms with E-state index < -0.39 is 0 Å². The fraction of sp³-hybridized carbons (Fsp3) is 0.280. The van der Waals surface area contributed by atoms with Gasteiger partial charge in [0.1, 0.15) is 11.3 Å². The highest BCUT2D eigenvalue weighted by Gasteiger charge is 2.27. The van der Waals surface area contributed by atoms with Crippen molar-refractivity contribution >= 4 is 28.1 Å². The van der Waals surface area contributed by atoms with Crippen LogP contribution in [0.3, 0.4) is 0 Å². The molecule has 0 bridgehead atoms. The van der Waals surface area contributed by atoms with Gasteiger partial charge in [-0.25, -0.2) is 19.7 Å². The molecule has 0 amide bonds. The number of hydrogen-bond donors (Lipinski definition) is 0. The molecule has 1 aromatic carbocycles. The first-order valence-corrected chi connectivity index (χ1v) is 11.4. The molecule has 1 saturated heterocycles. The monoisotopic (exact) mass is 440 g/mol. The van der Waals surface area contributed by atoms with Crippen LogP contribution in [0.5, 0.6) is 0 Å². The van der Waals surface area contributed by atoms with Crippen LogP contribution in [0.1, 0.15) is 25.8 Å². The maximum Gasteiger partial charge on any atom is 0.330 e. The summed E-state index contributed by atoms with van der Waals surface area (Å²) in [6.45, 7) is 4.10. The zero-order chi connectivity index (χ0) is 22.4. The molecule has 0 unspecified atom stereocenters. The Morgan fingerprint density at radius 3 is 2.88 bits per heavy atom. The number of aryl methyl sites for hydroxylation is 1. The number of rotatable bonds is 4. The molecular weight excluding hydrogens is 416 g/mol. The Kier molecular flexibility index (Phi) is 4.71.